The van der Waals surface area contributed by atoms with Gasteiger partial charge in [0.2, 0.25) is 6.41 Å². The average Bonchev–Trinajstić information content (AvgIpc) is 2.41. The van der Waals surface area contributed by atoms with Gasteiger partial charge in [0.1, 0.15) is 0 Å². The van der Waals surface area contributed by atoms with E-state index in [0.717, 1.165) is 0 Å². The predicted octanol–water partition coefficient (Wildman–Crippen LogP) is 0.113. The van der Waals surface area contributed by atoms with Gasteiger partial charge >= 0.3 is 11.8 Å². The Kier molecular flexibility index (Phi) is 6.31. The Balaban J connectivity index is 2.41. The third-order valence-corrected chi connectivity index (χ3v) is 2.63. The van der Waals surface area contributed by atoms with Crippen molar-refractivity contribution in [3.63, 3.8) is 0 Å². The lowest BCUT2D eigenvalue weighted by molar-refractivity contribution is -0.136. The second-order valence-corrected chi connectivity index (χ2v) is 4.28. The fourth-order valence-electron chi connectivity index (χ4n) is 1.34. The number of anilines is 2. The van der Waals surface area contributed by atoms with Gasteiger partial charge in [-0.25, -0.2) is 0 Å². The van der Waals surface area contributed by atoms with E-state index in [9.17, 15) is 14.4 Å². The molecule has 1 aromatic carbocycles. The molecule has 0 fully saturated rings. The SMILES string of the molecule is Nc1ccc(NC(=O)C(=O)NCCCNC=O)c(Cl)c1. The summed E-state index contributed by atoms with van der Waals surface area (Å²) in [6.07, 6.45) is 1.10. The predicted molar refractivity (Wildman–Crippen MR) is 76.2 cm³/mol. The Bertz CT molecular complexity index is 507. The molecule has 1 aromatic rings. The minimum Gasteiger partial charge on any atom is -0.399 e. The van der Waals surface area contributed by atoms with Crippen LogP contribution < -0.4 is 21.7 Å². The Labute approximate surface area is 120 Å². The molecule has 0 aliphatic carbocycles. The number of carbonyl (C=O) groups excluding carboxylic acids is 3. The summed E-state index contributed by atoms with van der Waals surface area (Å²) < 4.78 is 0. The van der Waals surface area contributed by atoms with Gasteiger partial charge in [-0.1, -0.05) is 11.6 Å². The average molecular weight is 299 g/mol. The lowest BCUT2D eigenvalue weighted by Gasteiger charge is -2.08. The summed E-state index contributed by atoms with van der Waals surface area (Å²) in [5, 5.41) is 7.49. The lowest BCUT2D eigenvalue weighted by Crippen LogP contribution is -2.36. The van der Waals surface area contributed by atoms with Crippen LogP contribution in [0.1, 0.15) is 6.42 Å². The van der Waals surface area contributed by atoms with E-state index in [1.165, 1.54) is 12.1 Å². The lowest BCUT2D eigenvalue weighted by atomic mass is 10.3. The molecule has 20 heavy (non-hydrogen) atoms. The van der Waals surface area contributed by atoms with Gasteiger partial charge in [0.25, 0.3) is 0 Å². The normalized spacial score (nSPS) is 9.65. The van der Waals surface area contributed by atoms with Crippen molar-refractivity contribution >= 4 is 41.2 Å². The van der Waals surface area contributed by atoms with E-state index in [1.54, 1.807) is 6.07 Å². The fourth-order valence-corrected chi connectivity index (χ4v) is 1.58. The number of amides is 3. The first-order valence-electron chi connectivity index (χ1n) is 5.86. The maximum absolute atomic E-state index is 11.6. The quantitative estimate of drug-likeness (QED) is 0.258. The molecule has 0 saturated heterocycles. The monoisotopic (exact) mass is 298 g/mol. The summed E-state index contributed by atoms with van der Waals surface area (Å²) >= 11 is 5.87. The number of carbonyl (C=O) groups is 3. The number of nitrogen functional groups attached to an aromatic ring is 1. The Morgan fingerprint density at radius 1 is 1.25 bits per heavy atom. The molecule has 0 aromatic heterocycles. The van der Waals surface area contributed by atoms with Gasteiger partial charge in [0.05, 0.1) is 10.7 Å². The van der Waals surface area contributed by atoms with Gasteiger partial charge in [-0.15, -0.1) is 0 Å². The number of nitrogens with two attached hydrogens (primary N) is 1. The van der Waals surface area contributed by atoms with Crippen molar-refractivity contribution in [1.29, 1.82) is 0 Å². The van der Waals surface area contributed by atoms with E-state index in [4.69, 9.17) is 17.3 Å². The standard InChI is InChI=1S/C12H15ClN4O3/c13-9-6-8(14)2-3-10(9)17-12(20)11(19)16-5-1-4-15-7-18/h2-3,6-7H,1,4-5,14H2,(H,15,18)(H,16,19)(H,17,20). The number of hydrogen-bond acceptors (Lipinski definition) is 4. The summed E-state index contributed by atoms with van der Waals surface area (Å²) in [4.78, 5) is 33.0. The zero-order valence-corrected chi connectivity index (χ0v) is 11.4. The Morgan fingerprint density at radius 2 is 2.00 bits per heavy atom. The summed E-state index contributed by atoms with van der Waals surface area (Å²) in [7, 11) is 0. The van der Waals surface area contributed by atoms with Crippen molar-refractivity contribution in [2.24, 2.45) is 0 Å². The zero-order chi connectivity index (χ0) is 15.0. The highest BCUT2D eigenvalue weighted by atomic mass is 35.5. The van der Waals surface area contributed by atoms with Crippen molar-refractivity contribution in [2.45, 2.75) is 6.42 Å². The molecule has 0 aliphatic rings. The zero-order valence-electron chi connectivity index (χ0n) is 10.6. The topological polar surface area (TPSA) is 113 Å². The first kappa shape index (κ1) is 15.8. The van der Waals surface area contributed by atoms with Crippen LogP contribution >= 0.6 is 11.6 Å². The van der Waals surface area contributed by atoms with E-state index in [2.05, 4.69) is 16.0 Å². The van der Waals surface area contributed by atoms with Gasteiger partial charge in [0, 0.05) is 18.8 Å². The van der Waals surface area contributed by atoms with E-state index < -0.39 is 11.8 Å². The molecule has 108 valence electrons. The summed E-state index contributed by atoms with van der Waals surface area (Å²) in [5.74, 6) is -1.59. The number of hydrogen-bond donors (Lipinski definition) is 4. The van der Waals surface area contributed by atoms with Crippen LogP contribution in [0.3, 0.4) is 0 Å². The molecule has 0 aliphatic heterocycles. The first-order valence-corrected chi connectivity index (χ1v) is 6.23. The highest BCUT2D eigenvalue weighted by Gasteiger charge is 2.14. The fraction of sp³-hybridized carbons (Fsp3) is 0.250. The van der Waals surface area contributed by atoms with Crippen LogP contribution in [0.4, 0.5) is 11.4 Å². The number of halogens is 1. The van der Waals surface area contributed by atoms with Crippen LogP contribution in [0, 0.1) is 0 Å². The van der Waals surface area contributed by atoms with E-state index in [0.29, 0.717) is 30.8 Å². The molecule has 0 unspecified atom stereocenters. The van der Waals surface area contributed by atoms with Crippen molar-refractivity contribution in [3.05, 3.63) is 23.2 Å². The molecule has 3 amide bonds. The number of rotatable bonds is 6. The molecule has 0 bridgehead atoms. The number of benzene rings is 1. The van der Waals surface area contributed by atoms with Crippen LogP contribution in [0.25, 0.3) is 0 Å². The van der Waals surface area contributed by atoms with Crippen LogP contribution in [-0.2, 0) is 14.4 Å². The molecular weight excluding hydrogens is 284 g/mol. The molecule has 0 radical (unpaired) electrons. The van der Waals surface area contributed by atoms with E-state index in [-0.39, 0.29) is 11.6 Å². The van der Waals surface area contributed by atoms with Gasteiger partial charge in [0.15, 0.2) is 0 Å². The van der Waals surface area contributed by atoms with Crippen molar-refractivity contribution in [3.8, 4) is 0 Å². The smallest absolute Gasteiger partial charge is 0.313 e. The molecule has 7 nitrogen and oxygen atoms in total. The molecule has 0 heterocycles. The minimum atomic E-state index is -0.819. The van der Waals surface area contributed by atoms with Gasteiger partial charge in [-0.2, -0.15) is 0 Å². The van der Waals surface area contributed by atoms with Crippen LogP contribution in [-0.4, -0.2) is 31.3 Å². The van der Waals surface area contributed by atoms with Gasteiger partial charge in [-0.3, -0.25) is 14.4 Å². The maximum atomic E-state index is 11.6. The largest absolute Gasteiger partial charge is 0.399 e. The second-order valence-electron chi connectivity index (χ2n) is 3.87. The molecule has 0 saturated carbocycles. The molecular formula is C12H15ClN4O3. The molecule has 0 spiro atoms. The molecule has 8 heteroatoms. The maximum Gasteiger partial charge on any atom is 0.313 e. The van der Waals surface area contributed by atoms with Crippen LogP contribution in [0.2, 0.25) is 5.02 Å². The minimum absolute atomic E-state index is 0.251. The van der Waals surface area contributed by atoms with Crippen molar-refractivity contribution < 1.29 is 14.4 Å². The molecule has 1 rings (SSSR count). The molecule has 0 atom stereocenters. The highest BCUT2D eigenvalue weighted by molar-refractivity contribution is 6.41. The third-order valence-electron chi connectivity index (χ3n) is 2.31. The highest BCUT2D eigenvalue weighted by Crippen LogP contribution is 2.23. The first-order chi connectivity index (χ1) is 9.54. The third kappa shape index (κ3) is 5.15. The van der Waals surface area contributed by atoms with Crippen LogP contribution in [0.5, 0.6) is 0 Å². The van der Waals surface area contributed by atoms with Gasteiger partial charge in [-0.05, 0) is 24.6 Å². The van der Waals surface area contributed by atoms with Crippen LogP contribution in [0.15, 0.2) is 18.2 Å². The van der Waals surface area contributed by atoms with Gasteiger partial charge < -0.3 is 21.7 Å². The summed E-state index contributed by atoms with van der Waals surface area (Å²) in [6, 6.07) is 4.54. The van der Waals surface area contributed by atoms with E-state index in [1.807, 2.05) is 0 Å². The van der Waals surface area contributed by atoms with E-state index >= 15 is 0 Å². The Hall–Kier alpha value is -2.28. The second kappa shape index (κ2) is 8.00. The number of nitrogens with one attached hydrogen (secondary N) is 3. The van der Waals surface area contributed by atoms with Crippen molar-refractivity contribution in [1.82, 2.24) is 10.6 Å². The summed E-state index contributed by atoms with van der Waals surface area (Å²) in [5.41, 5.74) is 6.28. The Morgan fingerprint density at radius 3 is 2.65 bits per heavy atom. The summed E-state index contributed by atoms with van der Waals surface area (Å²) in [6.45, 7) is 0.706. The molecule has 5 N–H and O–H groups in total. The van der Waals surface area contributed by atoms with Crippen molar-refractivity contribution in [2.75, 3.05) is 24.1 Å².